The van der Waals surface area contributed by atoms with Gasteiger partial charge in [0.1, 0.15) is 16.4 Å². The molecule has 1 aliphatic heterocycles. The second kappa shape index (κ2) is 8.13. The van der Waals surface area contributed by atoms with Gasteiger partial charge in [-0.25, -0.2) is 5.01 Å². The van der Waals surface area contributed by atoms with Gasteiger partial charge in [-0.05, 0) is 36.4 Å². The van der Waals surface area contributed by atoms with Gasteiger partial charge in [0.05, 0.1) is 24.3 Å². The number of rotatable bonds is 6. The van der Waals surface area contributed by atoms with E-state index in [0.29, 0.717) is 22.6 Å². The smallest absolute Gasteiger partial charge is 0.285 e. The Balaban J connectivity index is 1.59. The third kappa shape index (κ3) is 4.09. The van der Waals surface area contributed by atoms with Crippen LogP contribution in [0.4, 0.5) is 5.69 Å². The first kappa shape index (κ1) is 20.4. The van der Waals surface area contributed by atoms with Gasteiger partial charge < -0.3 is 9.52 Å². The minimum Gasteiger partial charge on any atom is -0.455 e. The Kier molecular flexibility index (Phi) is 5.36. The molecule has 0 bridgehead atoms. The monoisotopic (exact) mass is 440 g/mol. The molecule has 0 saturated heterocycles. The van der Waals surface area contributed by atoms with Crippen LogP contribution < -0.4 is 0 Å². The summed E-state index contributed by atoms with van der Waals surface area (Å²) in [5.74, 6) is 0.963. The van der Waals surface area contributed by atoms with Gasteiger partial charge in [0.25, 0.3) is 15.7 Å². The normalized spacial score (nSPS) is 14.4. The Morgan fingerprint density at radius 3 is 2.58 bits per heavy atom. The molecule has 1 aromatic heterocycles. The fraction of sp³-hybridized carbons (Fsp3) is 0.100. The highest BCUT2D eigenvalue weighted by atomic mass is 32.2. The van der Waals surface area contributed by atoms with Gasteiger partial charge in [0.2, 0.25) is 0 Å². The first-order chi connectivity index (χ1) is 14.9. The lowest BCUT2D eigenvalue weighted by molar-refractivity contribution is -0.384. The number of nitro benzene ring substituents is 1. The lowest BCUT2D eigenvalue weighted by Crippen LogP contribution is -2.28. The third-order valence-corrected chi connectivity index (χ3v) is 5.81. The van der Waals surface area contributed by atoms with Crippen LogP contribution in [0.3, 0.4) is 0 Å². The van der Waals surface area contributed by atoms with Crippen LogP contribution in [0.5, 0.6) is 0 Å². The zero-order valence-corrected chi connectivity index (χ0v) is 16.8. The quantitative estimate of drug-likeness (QED) is 0.353. The molecule has 2 aromatic carbocycles. The number of benzene rings is 2. The van der Waals surface area contributed by atoms with Crippen molar-refractivity contribution in [2.45, 2.75) is 4.90 Å². The first-order valence-corrected chi connectivity index (χ1v) is 10.5. The van der Waals surface area contributed by atoms with E-state index in [4.69, 9.17) is 4.42 Å². The lowest BCUT2D eigenvalue weighted by Gasteiger charge is -2.17. The van der Waals surface area contributed by atoms with Crippen LogP contribution in [0.1, 0.15) is 11.3 Å². The van der Waals surface area contributed by atoms with Crippen LogP contribution in [0.15, 0.2) is 79.5 Å². The summed E-state index contributed by atoms with van der Waals surface area (Å²) in [5, 5.41) is 25.7. The van der Waals surface area contributed by atoms with Gasteiger partial charge in [-0.2, -0.15) is 13.5 Å². The SMILES string of the molecule is O=[N+]([O-])c1ccc(-c2ccc(C=NN(CCO)C3=NS(=O)(=O)c4ccccc43)o2)cc1. The maximum absolute atomic E-state index is 12.3. The maximum Gasteiger partial charge on any atom is 0.285 e. The summed E-state index contributed by atoms with van der Waals surface area (Å²) in [6.45, 7) is -0.250. The molecule has 3 aromatic rings. The highest BCUT2D eigenvalue weighted by Gasteiger charge is 2.31. The summed E-state index contributed by atoms with van der Waals surface area (Å²) in [6.07, 6.45) is 1.38. The molecule has 31 heavy (non-hydrogen) atoms. The Morgan fingerprint density at radius 2 is 1.87 bits per heavy atom. The summed E-state index contributed by atoms with van der Waals surface area (Å²) in [4.78, 5) is 10.4. The summed E-state index contributed by atoms with van der Waals surface area (Å²) < 4.78 is 34.1. The second-order valence-electron chi connectivity index (χ2n) is 6.48. The predicted octanol–water partition coefficient (Wildman–Crippen LogP) is 2.63. The van der Waals surface area contributed by atoms with E-state index in [2.05, 4.69) is 9.50 Å². The van der Waals surface area contributed by atoms with Crippen LogP contribution in [-0.4, -0.2) is 48.7 Å². The summed E-state index contributed by atoms with van der Waals surface area (Å²) in [7, 11) is -3.82. The van der Waals surface area contributed by atoms with E-state index >= 15 is 0 Å². The van der Waals surface area contributed by atoms with Crippen molar-refractivity contribution in [2.24, 2.45) is 9.50 Å². The molecule has 4 rings (SSSR count). The molecule has 2 heterocycles. The number of nitrogens with zero attached hydrogens (tertiary/aromatic N) is 4. The Hall–Kier alpha value is -3.83. The molecule has 0 aliphatic carbocycles. The number of sulfonamides is 1. The minimum absolute atomic E-state index is 0.0229. The van der Waals surface area contributed by atoms with Gasteiger partial charge >= 0.3 is 0 Å². The van der Waals surface area contributed by atoms with Gasteiger partial charge in [-0.1, -0.05) is 12.1 Å². The van der Waals surface area contributed by atoms with Crippen molar-refractivity contribution in [1.29, 1.82) is 0 Å². The highest BCUT2D eigenvalue weighted by Crippen LogP contribution is 2.28. The van der Waals surface area contributed by atoms with E-state index in [1.807, 2.05) is 0 Å². The number of fused-ring (bicyclic) bond motifs is 1. The largest absolute Gasteiger partial charge is 0.455 e. The number of non-ortho nitro benzene ring substituents is 1. The number of nitro groups is 1. The summed E-state index contributed by atoms with van der Waals surface area (Å²) in [5.41, 5.74) is 1.03. The zero-order chi connectivity index (χ0) is 22.0. The topological polar surface area (TPSA) is 139 Å². The van der Waals surface area contributed by atoms with Crippen LogP contribution in [0, 0.1) is 10.1 Å². The van der Waals surface area contributed by atoms with Crippen molar-refractivity contribution in [1.82, 2.24) is 5.01 Å². The Bertz CT molecular complexity index is 1300. The fourth-order valence-electron chi connectivity index (χ4n) is 3.04. The zero-order valence-electron chi connectivity index (χ0n) is 16.0. The van der Waals surface area contributed by atoms with Gasteiger partial charge in [0, 0.05) is 23.3 Å². The molecule has 0 unspecified atom stereocenters. The molecule has 0 amide bonds. The van der Waals surface area contributed by atoms with E-state index in [9.17, 15) is 23.6 Å². The molecular formula is C20H16N4O6S. The van der Waals surface area contributed by atoms with Crippen LogP contribution >= 0.6 is 0 Å². The highest BCUT2D eigenvalue weighted by molar-refractivity contribution is 7.90. The van der Waals surface area contributed by atoms with E-state index < -0.39 is 14.9 Å². The fourth-order valence-corrected chi connectivity index (χ4v) is 4.25. The van der Waals surface area contributed by atoms with E-state index in [-0.39, 0.29) is 29.6 Å². The van der Waals surface area contributed by atoms with E-state index in [1.54, 1.807) is 42.5 Å². The van der Waals surface area contributed by atoms with Gasteiger partial charge in [0.15, 0.2) is 5.84 Å². The van der Waals surface area contributed by atoms with Crippen molar-refractivity contribution in [2.75, 3.05) is 13.2 Å². The number of hydrazone groups is 1. The molecule has 0 fully saturated rings. The number of furan rings is 1. The van der Waals surface area contributed by atoms with Crippen molar-refractivity contribution in [3.63, 3.8) is 0 Å². The molecule has 10 nitrogen and oxygen atoms in total. The molecule has 1 N–H and O–H groups in total. The number of hydrogen-bond acceptors (Lipinski definition) is 8. The number of amidine groups is 1. The van der Waals surface area contributed by atoms with Crippen molar-refractivity contribution >= 4 is 27.8 Å². The average molecular weight is 440 g/mol. The Morgan fingerprint density at radius 1 is 1.13 bits per heavy atom. The van der Waals surface area contributed by atoms with E-state index in [1.165, 1.54) is 29.4 Å². The lowest BCUT2D eigenvalue weighted by atomic mass is 10.1. The van der Waals surface area contributed by atoms with Crippen LogP contribution in [0.25, 0.3) is 11.3 Å². The van der Waals surface area contributed by atoms with Crippen molar-refractivity contribution < 1.29 is 22.9 Å². The second-order valence-corrected chi connectivity index (χ2v) is 8.06. The number of aliphatic hydroxyl groups is 1. The predicted molar refractivity (Wildman–Crippen MR) is 112 cm³/mol. The molecule has 0 saturated carbocycles. The van der Waals surface area contributed by atoms with Gasteiger partial charge in [-0.3, -0.25) is 10.1 Å². The van der Waals surface area contributed by atoms with Crippen LogP contribution in [-0.2, 0) is 10.0 Å². The molecule has 1 aliphatic rings. The average Bonchev–Trinajstić information content (AvgIpc) is 3.34. The van der Waals surface area contributed by atoms with Crippen molar-refractivity contribution in [3.8, 4) is 11.3 Å². The first-order valence-electron chi connectivity index (χ1n) is 9.10. The van der Waals surface area contributed by atoms with E-state index in [0.717, 1.165) is 0 Å². The number of hydrogen-bond donors (Lipinski definition) is 1. The summed E-state index contributed by atoms with van der Waals surface area (Å²) in [6, 6.07) is 15.6. The van der Waals surface area contributed by atoms with Crippen LogP contribution in [0.2, 0.25) is 0 Å². The molecule has 0 atom stereocenters. The van der Waals surface area contributed by atoms with Gasteiger partial charge in [-0.15, -0.1) is 4.40 Å². The number of aliphatic hydroxyl groups excluding tert-OH is 1. The molecule has 158 valence electrons. The maximum atomic E-state index is 12.3. The Labute approximate surface area is 177 Å². The molecular weight excluding hydrogens is 424 g/mol. The standard InChI is InChI=1S/C20H16N4O6S/c25-12-11-23(20-17-3-1-2-4-19(17)31(28,29)22-20)21-13-16-9-10-18(30-16)14-5-7-15(8-6-14)24(26)27/h1-10,13,25H,11-12H2. The molecule has 0 radical (unpaired) electrons. The minimum atomic E-state index is -3.82. The third-order valence-electron chi connectivity index (χ3n) is 4.48. The van der Waals surface area contributed by atoms with Crippen molar-refractivity contribution in [3.05, 3.63) is 82.1 Å². The molecule has 0 spiro atoms. The summed E-state index contributed by atoms with van der Waals surface area (Å²) >= 11 is 0. The molecule has 11 heteroatoms.